The van der Waals surface area contributed by atoms with Crippen LogP contribution in [0.4, 0.5) is 5.69 Å². The Morgan fingerprint density at radius 1 is 1.04 bits per heavy atom. The lowest BCUT2D eigenvalue weighted by atomic mass is 9.98. The Morgan fingerprint density at radius 3 is 2.38 bits per heavy atom. The lowest BCUT2D eigenvalue weighted by molar-refractivity contribution is 0.183. The van der Waals surface area contributed by atoms with Gasteiger partial charge in [-0.25, -0.2) is 0 Å². The number of anilines is 1. The molecule has 0 spiro atoms. The molecule has 1 aliphatic rings. The van der Waals surface area contributed by atoms with Crippen molar-refractivity contribution < 1.29 is 0 Å². The molecule has 1 fully saturated rings. The van der Waals surface area contributed by atoms with Gasteiger partial charge in [0.25, 0.3) is 0 Å². The molecule has 0 aliphatic carbocycles. The Labute approximate surface area is 145 Å². The van der Waals surface area contributed by atoms with Crippen LogP contribution in [0.3, 0.4) is 0 Å². The van der Waals surface area contributed by atoms with Crippen molar-refractivity contribution in [1.82, 2.24) is 10.2 Å². The van der Waals surface area contributed by atoms with E-state index in [9.17, 15) is 0 Å². The molecule has 1 heterocycles. The largest absolute Gasteiger partial charge is 0.398 e. The minimum absolute atomic E-state index is 0.358. The summed E-state index contributed by atoms with van der Waals surface area (Å²) in [4.78, 5) is 2.56. The summed E-state index contributed by atoms with van der Waals surface area (Å²) >= 11 is 0. The molecule has 2 aromatic carbocycles. The van der Waals surface area contributed by atoms with Crippen molar-refractivity contribution in [1.29, 1.82) is 0 Å². The van der Waals surface area contributed by atoms with Gasteiger partial charge < -0.3 is 11.1 Å². The highest BCUT2D eigenvalue weighted by atomic mass is 15.1. The Hall–Kier alpha value is -1.84. The molecule has 3 N–H and O–H groups in total. The molecule has 1 unspecified atom stereocenters. The Bertz CT molecular complexity index is 618. The van der Waals surface area contributed by atoms with E-state index in [-0.39, 0.29) is 0 Å². The summed E-state index contributed by atoms with van der Waals surface area (Å²) in [7, 11) is 0. The molecule has 24 heavy (non-hydrogen) atoms. The van der Waals surface area contributed by atoms with E-state index in [1.165, 1.54) is 24.0 Å². The highest BCUT2D eigenvalue weighted by Crippen LogP contribution is 2.25. The first-order valence-electron chi connectivity index (χ1n) is 9.13. The molecule has 1 atom stereocenters. The third-order valence-electron chi connectivity index (χ3n) is 5.05. The summed E-state index contributed by atoms with van der Waals surface area (Å²) in [5.74, 6) is 0. The zero-order valence-corrected chi connectivity index (χ0v) is 14.6. The standard InChI is InChI=1S/C21H29N3/c1-2-21(19-10-6-7-11-20(19)22)23-18-12-14-24(15-13-18)16-17-8-4-3-5-9-17/h3-11,18,21,23H,2,12-16,22H2,1H3. The first kappa shape index (κ1) is 17.0. The van der Waals surface area contributed by atoms with Gasteiger partial charge in [0, 0.05) is 24.3 Å². The molecule has 3 nitrogen and oxygen atoms in total. The van der Waals surface area contributed by atoms with Crippen LogP contribution in [0.1, 0.15) is 43.4 Å². The Balaban J connectivity index is 1.52. The van der Waals surface area contributed by atoms with E-state index in [1.54, 1.807) is 0 Å². The van der Waals surface area contributed by atoms with Gasteiger partial charge in [-0.1, -0.05) is 55.5 Å². The summed E-state index contributed by atoms with van der Waals surface area (Å²) in [6.07, 6.45) is 3.48. The number of hydrogen-bond donors (Lipinski definition) is 2. The van der Waals surface area contributed by atoms with Crippen molar-refractivity contribution in [2.45, 2.75) is 44.8 Å². The minimum atomic E-state index is 0.358. The van der Waals surface area contributed by atoms with Crippen LogP contribution in [0, 0.1) is 0 Å². The number of nitrogens with zero attached hydrogens (tertiary/aromatic N) is 1. The molecule has 0 aromatic heterocycles. The molecular weight excluding hydrogens is 294 g/mol. The molecule has 3 rings (SSSR count). The summed E-state index contributed by atoms with van der Waals surface area (Å²) in [5, 5.41) is 3.84. The van der Waals surface area contributed by atoms with Crippen LogP contribution in [0.25, 0.3) is 0 Å². The number of nitrogens with one attached hydrogen (secondary N) is 1. The average Bonchev–Trinajstić information content (AvgIpc) is 2.63. The first-order valence-corrected chi connectivity index (χ1v) is 9.13. The van der Waals surface area contributed by atoms with E-state index in [4.69, 9.17) is 5.73 Å². The summed E-state index contributed by atoms with van der Waals surface area (Å²) in [6, 6.07) is 20.0. The number of hydrogen-bond acceptors (Lipinski definition) is 3. The van der Waals surface area contributed by atoms with Crippen LogP contribution in [-0.2, 0) is 6.54 Å². The van der Waals surface area contributed by atoms with Crippen molar-refractivity contribution in [2.75, 3.05) is 18.8 Å². The van der Waals surface area contributed by atoms with Crippen LogP contribution >= 0.6 is 0 Å². The van der Waals surface area contributed by atoms with E-state index >= 15 is 0 Å². The van der Waals surface area contributed by atoms with Gasteiger partial charge in [0.1, 0.15) is 0 Å². The molecule has 128 valence electrons. The fourth-order valence-corrected chi connectivity index (χ4v) is 3.64. The molecule has 2 aromatic rings. The highest BCUT2D eigenvalue weighted by molar-refractivity contribution is 5.48. The predicted octanol–water partition coefficient (Wildman–Crippen LogP) is 3.97. The van der Waals surface area contributed by atoms with Gasteiger partial charge in [-0.15, -0.1) is 0 Å². The SMILES string of the molecule is CCC(NC1CCN(Cc2ccccc2)CC1)c1ccccc1N. The summed E-state index contributed by atoms with van der Waals surface area (Å²) in [6.45, 7) is 5.62. The maximum Gasteiger partial charge on any atom is 0.0362 e. The van der Waals surface area contributed by atoms with E-state index < -0.39 is 0 Å². The summed E-state index contributed by atoms with van der Waals surface area (Å²) < 4.78 is 0. The molecule has 1 aliphatic heterocycles. The first-order chi connectivity index (χ1) is 11.8. The molecule has 0 amide bonds. The second-order valence-corrected chi connectivity index (χ2v) is 6.79. The van der Waals surface area contributed by atoms with Gasteiger partial charge in [0.2, 0.25) is 0 Å². The monoisotopic (exact) mass is 323 g/mol. The number of nitrogens with two attached hydrogens (primary N) is 1. The van der Waals surface area contributed by atoms with Gasteiger partial charge in [-0.3, -0.25) is 4.90 Å². The second-order valence-electron chi connectivity index (χ2n) is 6.79. The van der Waals surface area contributed by atoms with Crippen LogP contribution in [0.2, 0.25) is 0 Å². The fraction of sp³-hybridized carbons (Fsp3) is 0.429. The number of para-hydroxylation sites is 1. The van der Waals surface area contributed by atoms with E-state index in [1.807, 2.05) is 12.1 Å². The average molecular weight is 323 g/mol. The topological polar surface area (TPSA) is 41.3 Å². The number of rotatable bonds is 6. The summed E-state index contributed by atoms with van der Waals surface area (Å²) in [5.41, 5.74) is 9.72. The number of likely N-dealkylation sites (tertiary alicyclic amines) is 1. The van der Waals surface area contributed by atoms with Crippen LogP contribution in [0.15, 0.2) is 54.6 Å². The van der Waals surface area contributed by atoms with Crippen LogP contribution in [0.5, 0.6) is 0 Å². The molecule has 3 heteroatoms. The number of piperidine rings is 1. The highest BCUT2D eigenvalue weighted by Gasteiger charge is 2.22. The fourth-order valence-electron chi connectivity index (χ4n) is 3.64. The van der Waals surface area contributed by atoms with Crippen molar-refractivity contribution in [3.05, 3.63) is 65.7 Å². The van der Waals surface area contributed by atoms with Crippen molar-refractivity contribution in [3.8, 4) is 0 Å². The quantitative estimate of drug-likeness (QED) is 0.790. The number of benzene rings is 2. The van der Waals surface area contributed by atoms with Gasteiger partial charge >= 0.3 is 0 Å². The minimum Gasteiger partial charge on any atom is -0.398 e. The second kappa shape index (κ2) is 8.32. The maximum absolute atomic E-state index is 6.16. The van der Waals surface area contributed by atoms with Crippen molar-refractivity contribution in [2.24, 2.45) is 0 Å². The molecule has 0 saturated carbocycles. The van der Waals surface area contributed by atoms with Crippen LogP contribution < -0.4 is 11.1 Å². The third kappa shape index (κ3) is 4.37. The van der Waals surface area contributed by atoms with Gasteiger partial charge in [0.15, 0.2) is 0 Å². The molecule has 0 radical (unpaired) electrons. The predicted molar refractivity (Wildman–Crippen MR) is 102 cm³/mol. The van der Waals surface area contributed by atoms with Gasteiger partial charge in [-0.05, 0) is 49.5 Å². The van der Waals surface area contributed by atoms with Crippen molar-refractivity contribution >= 4 is 5.69 Å². The van der Waals surface area contributed by atoms with Gasteiger partial charge in [-0.2, -0.15) is 0 Å². The smallest absolute Gasteiger partial charge is 0.0362 e. The third-order valence-corrected chi connectivity index (χ3v) is 5.05. The normalized spacial score (nSPS) is 17.7. The van der Waals surface area contributed by atoms with E-state index in [0.717, 1.165) is 31.7 Å². The zero-order chi connectivity index (χ0) is 16.8. The van der Waals surface area contributed by atoms with E-state index in [2.05, 4.69) is 59.6 Å². The van der Waals surface area contributed by atoms with E-state index in [0.29, 0.717) is 12.1 Å². The zero-order valence-electron chi connectivity index (χ0n) is 14.6. The molecule has 0 bridgehead atoms. The van der Waals surface area contributed by atoms with Gasteiger partial charge in [0.05, 0.1) is 0 Å². The van der Waals surface area contributed by atoms with Crippen LogP contribution in [-0.4, -0.2) is 24.0 Å². The Kier molecular flexibility index (Phi) is 5.89. The maximum atomic E-state index is 6.16. The lowest BCUT2D eigenvalue weighted by Crippen LogP contribution is -2.43. The molecular formula is C21H29N3. The molecule has 1 saturated heterocycles. The number of nitrogen functional groups attached to an aromatic ring is 1. The Morgan fingerprint density at radius 2 is 1.71 bits per heavy atom. The lowest BCUT2D eigenvalue weighted by Gasteiger charge is -2.34. The van der Waals surface area contributed by atoms with Crippen molar-refractivity contribution in [3.63, 3.8) is 0 Å².